The first-order valence-electron chi connectivity index (χ1n) is 8.79. The average molecular weight is 297 g/mol. The van der Waals surface area contributed by atoms with Crippen molar-refractivity contribution in [2.24, 2.45) is 5.92 Å². The first kappa shape index (κ1) is 18.4. The molecule has 0 aromatic heterocycles. The number of carbonyl (C=O) groups excluding carboxylic acids is 1. The van der Waals surface area contributed by atoms with Gasteiger partial charge in [-0.3, -0.25) is 9.69 Å². The van der Waals surface area contributed by atoms with Crippen LogP contribution in [0, 0.1) is 5.92 Å². The van der Waals surface area contributed by atoms with Gasteiger partial charge in [-0.1, -0.05) is 33.6 Å². The summed E-state index contributed by atoms with van der Waals surface area (Å²) in [5.41, 5.74) is 0. The van der Waals surface area contributed by atoms with Crippen LogP contribution in [0.4, 0.5) is 0 Å². The monoisotopic (exact) mass is 297 g/mol. The molecule has 1 aliphatic heterocycles. The lowest BCUT2D eigenvalue weighted by Gasteiger charge is -2.35. The third-order valence-electron chi connectivity index (χ3n) is 4.47. The number of unbranched alkanes of at least 4 members (excludes halogenated alkanes) is 2. The van der Waals surface area contributed by atoms with Crippen LogP contribution in [0.15, 0.2) is 0 Å². The molecule has 1 atom stereocenters. The molecule has 21 heavy (non-hydrogen) atoms. The minimum atomic E-state index is 0.0191. The van der Waals surface area contributed by atoms with Gasteiger partial charge in [0.1, 0.15) is 0 Å². The molecule has 1 amide bonds. The van der Waals surface area contributed by atoms with Crippen molar-refractivity contribution in [3.05, 3.63) is 0 Å². The molecular weight excluding hydrogens is 262 g/mol. The highest BCUT2D eigenvalue weighted by molar-refractivity contribution is 5.81. The molecule has 1 fully saturated rings. The molecule has 124 valence electrons. The molecule has 1 heterocycles. The second-order valence-electron chi connectivity index (χ2n) is 6.72. The van der Waals surface area contributed by atoms with Gasteiger partial charge in [-0.15, -0.1) is 0 Å². The highest BCUT2D eigenvalue weighted by Crippen LogP contribution is 2.18. The van der Waals surface area contributed by atoms with E-state index < -0.39 is 0 Å². The van der Waals surface area contributed by atoms with Gasteiger partial charge in [0, 0.05) is 12.6 Å². The van der Waals surface area contributed by atoms with E-state index in [0.29, 0.717) is 6.04 Å². The van der Waals surface area contributed by atoms with E-state index in [2.05, 4.69) is 36.3 Å². The fourth-order valence-corrected chi connectivity index (χ4v) is 2.85. The molecule has 0 radical (unpaired) electrons. The van der Waals surface area contributed by atoms with E-state index in [0.717, 1.165) is 38.5 Å². The predicted octanol–water partition coefficient (Wildman–Crippen LogP) is 2.39. The number of likely N-dealkylation sites (tertiary alicyclic amines) is 1. The smallest absolute Gasteiger partial charge is 0.237 e. The molecule has 1 aliphatic rings. The van der Waals surface area contributed by atoms with Crippen LogP contribution in [0.3, 0.4) is 0 Å². The topological polar surface area (TPSA) is 44.4 Å². The number of nitrogens with one attached hydrogen (secondary N) is 2. The van der Waals surface area contributed by atoms with Crippen molar-refractivity contribution in [2.45, 2.75) is 71.9 Å². The Kier molecular flexibility index (Phi) is 8.93. The number of rotatable bonds is 9. The summed E-state index contributed by atoms with van der Waals surface area (Å²) in [5, 5.41) is 6.60. The van der Waals surface area contributed by atoms with Crippen molar-refractivity contribution < 1.29 is 4.79 Å². The van der Waals surface area contributed by atoms with E-state index in [1.165, 1.54) is 25.7 Å². The molecule has 0 bridgehead atoms. The first-order valence-corrected chi connectivity index (χ1v) is 8.79. The number of hydrogen-bond acceptors (Lipinski definition) is 3. The van der Waals surface area contributed by atoms with Gasteiger partial charge in [0.2, 0.25) is 5.91 Å². The van der Waals surface area contributed by atoms with E-state index in [9.17, 15) is 4.79 Å². The third-order valence-corrected chi connectivity index (χ3v) is 4.47. The van der Waals surface area contributed by atoms with Gasteiger partial charge in [0.15, 0.2) is 0 Å². The fourth-order valence-electron chi connectivity index (χ4n) is 2.85. The van der Waals surface area contributed by atoms with Crippen molar-refractivity contribution in [3.63, 3.8) is 0 Å². The number of carbonyl (C=O) groups is 1. The Labute approximate surface area is 131 Å². The minimum absolute atomic E-state index is 0.0191. The molecule has 1 rings (SSSR count). The maximum absolute atomic E-state index is 12.1. The van der Waals surface area contributed by atoms with Gasteiger partial charge >= 0.3 is 0 Å². The Morgan fingerprint density at radius 2 is 1.86 bits per heavy atom. The molecular formula is C17H35N3O. The lowest BCUT2D eigenvalue weighted by atomic mass is 9.95. The van der Waals surface area contributed by atoms with Gasteiger partial charge < -0.3 is 10.6 Å². The molecule has 0 aromatic rings. The molecule has 0 saturated carbocycles. The maximum Gasteiger partial charge on any atom is 0.237 e. The Morgan fingerprint density at radius 1 is 1.19 bits per heavy atom. The Balaban J connectivity index is 2.21. The first-order chi connectivity index (χ1) is 10.0. The van der Waals surface area contributed by atoms with E-state index >= 15 is 0 Å². The number of hydrogen-bond donors (Lipinski definition) is 2. The average Bonchev–Trinajstić information content (AvgIpc) is 2.49. The lowest BCUT2D eigenvalue weighted by molar-refractivity contribution is -0.126. The summed E-state index contributed by atoms with van der Waals surface area (Å²) >= 11 is 0. The van der Waals surface area contributed by atoms with Crippen LogP contribution in [0.25, 0.3) is 0 Å². The van der Waals surface area contributed by atoms with E-state index in [-0.39, 0.29) is 11.9 Å². The van der Waals surface area contributed by atoms with Crippen molar-refractivity contribution in [2.75, 3.05) is 26.2 Å². The van der Waals surface area contributed by atoms with Crippen LogP contribution in [-0.4, -0.2) is 49.1 Å². The van der Waals surface area contributed by atoms with Crippen molar-refractivity contribution in [3.8, 4) is 0 Å². The summed E-state index contributed by atoms with van der Waals surface area (Å²) in [6, 6.07) is 0.585. The summed E-state index contributed by atoms with van der Waals surface area (Å²) in [7, 11) is 0. The Hall–Kier alpha value is -0.610. The molecule has 2 N–H and O–H groups in total. The van der Waals surface area contributed by atoms with E-state index in [1.807, 2.05) is 6.92 Å². The second kappa shape index (κ2) is 10.2. The van der Waals surface area contributed by atoms with Crippen LogP contribution in [0.5, 0.6) is 0 Å². The maximum atomic E-state index is 12.1. The summed E-state index contributed by atoms with van der Waals surface area (Å²) in [5.74, 6) is 0.966. The predicted molar refractivity (Wildman–Crippen MR) is 89.4 cm³/mol. The van der Waals surface area contributed by atoms with Crippen LogP contribution in [0.2, 0.25) is 0 Å². The summed E-state index contributed by atoms with van der Waals surface area (Å²) in [6.07, 6.45) is 5.89. The highest BCUT2D eigenvalue weighted by Gasteiger charge is 2.26. The SMILES string of the molecule is CCCCCNC(=O)C(C)N1CCC(CNC(C)C)CC1. The number of nitrogens with zero attached hydrogens (tertiary/aromatic N) is 1. The normalized spacial score (nSPS) is 18.9. The highest BCUT2D eigenvalue weighted by atomic mass is 16.2. The quantitative estimate of drug-likeness (QED) is 0.642. The van der Waals surface area contributed by atoms with Gasteiger partial charge in [-0.25, -0.2) is 0 Å². The van der Waals surface area contributed by atoms with Crippen LogP contribution >= 0.6 is 0 Å². The largest absolute Gasteiger partial charge is 0.355 e. The summed E-state index contributed by atoms with van der Waals surface area (Å²) in [6.45, 7) is 12.7. The fraction of sp³-hybridized carbons (Fsp3) is 0.941. The summed E-state index contributed by atoms with van der Waals surface area (Å²) < 4.78 is 0. The second-order valence-corrected chi connectivity index (χ2v) is 6.72. The van der Waals surface area contributed by atoms with Gasteiger partial charge in [-0.2, -0.15) is 0 Å². The van der Waals surface area contributed by atoms with E-state index in [4.69, 9.17) is 0 Å². The number of amides is 1. The van der Waals surface area contributed by atoms with Crippen LogP contribution in [-0.2, 0) is 4.79 Å². The molecule has 0 aliphatic carbocycles. The molecule has 4 nitrogen and oxygen atoms in total. The van der Waals surface area contributed by atoms with Crippen molar-refractivity contribution >= 4 is 5.91 Å². The van der Waals surface area contributed by atoms with Crippen molar-refractivity contribution in [1.29, 1.82) is 0 Å². The lowest BCUT2D eigenvalue weighted by Crippen LogP contribution is -2.49. The zero-order valence-electron chi connectivity index (χ0n) is 14.5. The standard InChI is InChI=1S/C17H35N3O/c1-5-6-7-10-18-17(21)15(4)20-11-8-16(9-12-20)13-19-14(2)3/h14-16,19H,5-13H2,1-4H3,(H,18,21). The third kappa shape index (κ3) is 7.28. The van der Waals surface area contributed by atoms with Gasteiger partial charge in [0.05, 0.1) is 6.04 Å². The zero-order chi connectivity index (χ0) is 15.7. The molecule has 4 heteroatoms. The Bertz CT molecular complexity index is 286. The van der Waals surface area contributed by atoms with Crippen LogP contribution in [0.1, 0.15) is 59.8 Å². The van der Waals surface area contributed by atoms with Crippen LogP contribution < -0.4 is 10.6 Å². The number of piperidine rings is 1. The van der Waals surface area contributed by atoms with E-state index in [1.54, 1.807) is 0 Å². The van der Waals surface area contributed by atoms with Crippen molar-refractivity contribution in [1.82, 2.24) is 15.5 Å². The van der Waals surface area contributed by atoms with Gasteiger partial charge in [0.25, 0.3) is 0 Å². The molecule has 0 spiro atoms. The molecule has 1 unspecified atom stereocenters. The molecule has 1 saturated heterocycles. The Morgan fingerprint density at radius 3 is 2.43 bits per heavy atom. The summed E-state index contributed by atoms with van der Waals surface area (Å²) in [4.78, 5) is 14.5. The molecule has 0 aromatic carbocycles. The van der Waals surface area contributed by atoms with Gasteiger partial charge in [-0.05, 0) is 51.7 Å². The zero-order valence-corrected chi connectivity index (χ0v) is 14.5. The minimum Gasteiger partial charge on any atom is -0.355 e.